The molecular weight excluding hydrogens is 257 g/mol. The lowest BCUT2D eigenvalue weighted by Gasteiger charge is -2.09. The molecule has 19 heavy (non-hydrogen) atoms. The Labute approximate surface area is 107 Å². The second-order valence-electron chi connectivity index (χ2n) is 3.45. The van der Waals surface area contributed by atoms with Crippen LogP contribution >= 0.6 is 0 Å². The molecule has 0 aliphatic carbocycles. The maximum Gasteiger partial charge on any atom is 0.340 e. The molecule has 3 amide bonds. The quantitative estimate of drug-likeness (QED) is 0.634. The molecule has 0 unspecified atom stereocenters. The van der Waals surface area contributed by atoms with Crippen LogP contribution in [0.2, 0.25) is 0 Å². The van der Waals surface area contributed by atoms with Gasteiger partial charge in [0.25, 0.3) is 0 Å². The average molecular weight is 269 g/mol. The normalized spacial score (nSPS) is 9.58. The Morgan fingerprint density at radius 2 is 2.00 bits per heavy atom. The summed E-state index contributed by atoms with van der Waals surface area (Å²) in [4.78, 5) is 33.2. The lowest BCUT2D eigenvalue weighted by molar-refractivity contribution is -0.119. The smallest absolute Gasteiger partial charge is 0.340 e. The predicted octanol–water partition coefficient (Wildman–Crippen LogP) is 0.391. The highest BCUT2D eigenvalue weighted by molar-refractivity contribution is 6.00. The number of benzene rings is 1. The number of hydrogen-bond acceptors (Lipinski definition) is 3. The molecule has 0 spiro atoms. The topological polar surface area (TPSA) is 108 Å². The van der Waals surface area contributed by atoms with Crippen LogP contribution in [0, 0.1) is 5.82 Å². The van der Waals surface area contributed by atoms with Gasteiger partial charge in [-0.3, -0.25) is 4.79 Å². The van der Waals surface area contributed by atoms with E-state index in [4.69, 9.17) is 5.11 Å². The number of urea groups is 1. The van der Waals surface area contributed by atoms with E-state index in [-0.39, 0.29) is 12.2 Å². The zero-order valence-electron chi connectivity index (χ0n) is 9.99. The molecule has 0 saturated heterocycles. The first-order chi connectivity index (χ1) is 8.95. The SMILES string of the molecule is CNC(=O)CNC(=O)Nc1cccc(F)c1C(=O)O. The van der Waals surface area contributed by atoms with Crippen molar-refractivity contribution in [2.75, 3.05) is 18.9 Å². The van der Waals surface area contributed by atoms with Crippen molar-refractivity contribution >= 4 is 23.6 Å². The number of anilines is 1. The zero-order chi connectivity index (χ0) is 14.4. The Bertz CT molecular complexity index is 519. The monoisotopic (exact) mass is 269 g/mol. The predicted molar refractivity (Wildman–Crippen MR) is 64.4 cm³/mol. The number of aromatic carboxylic acids is 1. The highest BCUT2D eigenvalue weighted by atomic mass is 19.1. The maximum absolute atomic E-state index is 13.3. The second-order valence-corrected chi connectivity index (χ2v) is 3.45. The number of amides is 3. The fourth-order valence-corrected chi connectivity index (χ4v) is 1.26. The first-order valence-electron chi connectivity index (χ1n) is 5.23. The molecule has 0 aliphatic rings. The van der Waals surface area contributed by atoms with Crippen molar-refractivity contribution in [2.24, 2.45) is 0 Å². The summed E-state index contributed by atoms with van der Waals surface area (Å²) in [6.07, 6.45) is 0. The number of hydrogen-bond donors (Lipinski definition) is 4. The minimum atomic E-state index is -1.50. The van der Waals surface area contributed by atoms with Crippen LogP contribution in [0.15, 0.2) is 18.2 Å². The third-order valence-corrected chi connectivity index (χ3v) is 2.16. The van der Waals surface area contributed by atoms with Crippen molar-refractivity contribution in [1.29, 1.82) is 0 Å². The zero-order valence-corrected chi connectivity index (χ0v) is 9.99. The second kappa shape index (κ2) is 6.34. The summed E-state index contributed by atoms with van der Waals surface area (Å²) in [5.74, 6) is -2.89. The summed E-state index contributed by atoms with van der Waals surface area (Å²) >= 11 is 0. The number of rotatable bonds is 4. The molecule has 0 fully saturated rings. The fraction of sp³-hybridized carbons (Fsp3) is 0.182. The van der Waals surface area contributed by atoms with Crippen molar-refractivity contribution in [3.05, 3.63) is 29.6 Å². The van der Waals surface area contributed by atoms with Crippen molar-refractivity contribution in [3.8, 4) is 0 Å². The van der Waals surface area contributed by atoms with Gasteiger partial charge in [0.2, 0.25) is 5.91 Å². The summed E-state index contributed by atoms with van der Waals surface area (Å²) in [7, 11) is 1.40. The molecule has 7 nitrogen and oxygen atoms in total. The van der Waals surface area contributed by atoms with E-state index < -0.39 is 29.3 Å². The van der Waals surface area contributed by atoms with Crippen molar-refractivity contribution in [3.63, 3.8) is 0 Å². The molecule has 0 radical (unpaired) electrons. The van der Waals surface area contributed by atoms with Crippen LogP contribution in [0.25, 0.3) is 0 Å². The number of nitrogens with one attached hydrogen (secondary N) is 3. The van der Waals surface area contributed by atoms with Crippen molar-refractivity contribution in [2.45, 2.75) is 0 Å². The minimum absolute atomic E-state index is 0.193. The number of carboxylic acids is 1. The summed E-state index contributed by atoms with van der Waals surface area (Å²) in [6, 6.07) is 2.66. The molecule has 1 rings (SSSR count). The van der Waals surface area contributed by atoms with Gasteiger partial charge >= 0.3 is 12.0 Å². The molecule has 8 heteroatoms. The minimum Gasteiger partial charge on any atom is -0.478 e. The van der Waals surface area contributed by atoms with Crippen molar-refractivity contribution in [1.82, 2.24) is 10.6 Å². The van der Waals surface area contributed by atoms with E-state index in [1.54, 1.807) is 0 Å². The van der Waals surface area contributed by atoms with Crippen LogP contribution in [0.5, 0.6) is 0 Å². The number of carbonyl (C=O) groups is 3. The van der Waals surface area contributed by atoms with Gasteiger partial charge < -0.3 is 21.1 Å². The molecule has 0 aliphatic heterocycles. The van der Waals surface area contributed by atoms with Crippen molar-refractivity contribution < 1.29 is 23.9 Å². The van der Waals surface area contributed by atoms with Gasteiger partial charge in [-0.05, 0) is 12.1 Å². The summed E-state index contributed by atoms with van der Waals surface area (Å²) in [5.41, 5.74) is -0.834. The highest BCUT2D eigenvalue weighted by Crippen LogP contribution is 2.18. The molecule has 0 aromatic heterocycles. The molecule has 0 saturated carbocycles. The van der Waals surface area contributed by atoms with E-state index in [0.29, 0.717) is 0 Å². The van der Waals surface area contributed by atoms with Crippen LogP contribution in [-0.4, -0.2) is 36.6 Å². The van der Waals surface area contributed by atoms with E-state index in [1.807, 2.05) is 0 Å². The third-order valence-electron chi connectivity index (χ3n) is 2.16. The molecule has 0 heterocycles. The van der Waals surface area contributed by atoms with Gasteiger partial charge in [-0.25, -0.2) is 14.0 Å². The molecule has 1 aromatic rings. The Kier molecular flexibility index (Phi) is 4.81. The number of likely N-dealkylation sites (N-methyl/N-ethyl adjacent to an activating group) is 1. The molecule has 1 aromatic carbocycles. The Morgan fingerprint density at radius 3 is 2.58 bits per heavy atom. The first kappa shape index (κ1) is 14.4. The summed E-state index contributed by atoms with van der Waals surface area (Å²) in [5, 5.41) is 15.5. The molecule has 0 atom stereocenters. The van der Waals surface area contributed by atoms with E-state index in [0.717, 1.165) is 6.07 Å². The van der Waals surface area contributed by atoms with E-state index in [2.05, 4.69) is 16.0 Å². The van der Waals surface area contributed by atoms with Gasteiger partial charge in [0.1, 0.15) is 11.4 Å². The van der Waals surface area contributed by atoms with Crippen LogP contribution in [0.3, 0.4) is 0 Å². The van der Waals surface area contributed by atoms with Gasteiger partial charge in [-0.2, -0.15) is 0 Å². The fourth-order valence-electron chi connectivity index (χ4n) is 1.26. The van der Waals surface area contributed by atoms with Crippen LogP contribution in [0.4, 0.5) is 14.9 Å². The maximum atomic E-state index is 13.3. The van der Waals surface area contributed by atoms with Crippen LogP contribution < -0.4 is 16.0 Å². The summed E-state index contributed by atoms with van der Waals surface area (Å²) in [6.45, 7) is -0.278. The standard InChI is InChI=1S/C11H12FN3O4/c1-13-8(16)5-14-11(19)15-7-4-2-3-6(12)9(7)10(17)18/h2-4H,5H2,1H3,(H,13,16)(H,17,18)(H2,14,15,19). The lowest BCUT2D eigenvalue weighted by Crippen LogP contribution is -2.37. The van der Waals surface area contributed by atoms with Gasteiger partial charge in [0.15, 0.2) is 0 Å². The molecular formula is C11H12FN3O4. The molecule has 102 valence electrons. The van der Waals surface area contributed by atoms with Gasteiger partial charge in [0.05, 0.1) is 12.2 Å². The van der Waals surface area contributed by atoms with Gasteiger partial charge in [0, 0.05) is 7.05 Å². The summed E-state index contributed by atoms with van der Waals surface area (Å²) < 4.78 is 13.3. The molecule has 4 N–H and O–H groups in total. The van der Waals surface area contributed by atoms with E-state index in [9.17, 15) is 18.8 Å². The highest BCUT2D eigenvalue weighted by Gasteiger charge is 2.17. The largest absolute Gasteiger partial charge is 0.478 e. The van der Waals surface area contributed by atoms with E-state index >= 15 is 0 Å². The number of carboxylic acid groups (broad SMARTS) is 1. The Morgan fingerprint density at radius 1 is 1.32 bits per heavy atom. The Balaban J connectivity index is 2.77. The van der Waals surface area contributed by atoms with Gasteiger partial charge in [-0.1, -0.05) is 6.07 Å². The van der Waals surface area contributed by atoms with E-state index in [1.165, 1.54) is 19.2 Å². The van der Waals surface area contributed by atoms with Crippen LogP contribution in [-0.2, 0) is 4.79 Å². The number of halogens is 1. The average Bonchev–Trinajstić information content (AvgIpc) is 2.35. The number of carbonyl (C=O) groups excluding carboxylic acids is 2. The van der Waals surface area contributed by atoms with Crippen LogP contribution in [0.1, 0.15) is 10.4 Å². The Hall–Kier alpha value is -2.64. The lowest BCUT2D eigenvalue weighted by atomic mass is 10.1. The first-order valence-corrected chi connectivity index (χ1v) is 5.23. The van der Waals surface area contributed by atoms with Gasteiger partial charge in [-0.15, -0.1) is 0 Å². The molecule has 0 bridgehead atoms. The third kappa shape index (κ3) is 3.95.